The Labute approximate surface area is 161 Å². The number of Topliss-reactive ketones (excluding diaryl/α,β-unsaturated/α-hetero) is 2. The number of pyridine rings is 1. The molecule has 4 N–H and O–H groups in total. The van der Waals surface area contributed by atoms with Crippen molar-refractivity contribution in [3.8, 4) is 0 Å². The van der Waals surface area contributed by atoms with Crippen molar-refractivity contribution >= 4 is 35.1 Å². The van der Waals surface area contributed by atoms with Crippen LogP contribution in [0.4, 0.5) is 5.82 Å². The van der Waals surface area contributed by atoms with Gasteiger partial charge in [0.2, 0.25) is 5.91 Å². The molecule has 1 aromatic heterocycles. The minimum atomic E-state index is -0.736. The number of nitrogens with zero attached hydrogens (tertiary/aromatic N) is 1. The number of nitrogen functional groups attached to an aromatic ring is 1. The fourth-order valence-corrected chi connectivity index (χ4v) is 4.28. The number of ketones is 2. The molecule has 27 heavy (non-hydrogen) atoms. The maximum absolute atomic E-state index is 13.0. The van der Waals surface area contributed by atoms with Crippen molar-refractivity contribution in [2.24, 2.45) is 5.92 Å². The van der Waals surface area contributed by atoms with Crippen LogP contribution in [0.3, 0.4) is 0 Å². The van der Waals surface area contributed by atoms with Crippen LogP contribution in [0.15, 0.2) is 28.9 Å². The number of carbonyl (C=O) groups excluding carboxylic acids is 3. The van der Waals surface area contributed by atoms with E-state index in [2.05, 4.69) is 15.6 Å². The maximum atomic E-state index is 13.0. The Bertz CT molecular complexity index is 778. The fraction of sp³-hybridized carbons (Fsp3) is 0.444. The number of aromatic nitrogens is 1. The van der Waals surface area contributed by atoms with Crippen LogP contribution in [0, 0.1) is 5.92 Å². The van der Waals surface area contributed by atoms with E-state index in [1.165, 1.54) is 25.1 Å². The zero-order chi connectivity index (χ0) is 19.4. The van der Waals surface area contributed by atoms with Crippen LogP contribution in [0.25, 0.3) is 0 Å². The van der Waals surface area contributed by atoms with Gasteiger partial charge in [0.25, 0.3) is 0 Å². The van der Waals surface area contributed by atoms with Crippen molar-refractivity contribution in [3.63, 3.8) is 0 Å². The third-order valence-electron chi connectivity index (χ3n) is 4.49. The highest BCUT2D eigenvalue weighted by Gasteiger charge is 2.38. The van der Waals surface area contributed by atoms with Gasteiger partial charge in [-0.3, -0.25) is 14.4 Å². The van der Waals surface area contributed by atoms with E-state index in [1.807, 2.05) is 0 Å². The molecule has 2 unspecified atom stereocenters. The number of hydrogen-bond acceptors (Lipinski definition) is 8. The molecule has 1 aliphatic heterocycles. The molecule has 0 radical (unpaired) electrons. The third-order valence-corrected chi connectivity index (χ3v) is 5.64. The topological polar surface area (TPSA) is 123 Å². The van der Waals surface area contributed by atoms with Gasteiger partial charge in [-0.2, -0.15) is 0 Å². The maximum Gasteiger partial charge on any atom is 0.224 e. The molecule has 0 bridgehead atoms. The number of thioether (sulfide) groups is 1. The normalized spacial score (nSPS) is 22.0. The number of ether oxygens (including phenoxy) is 1. The highest BCUT2D eigenvalue weighted by Crippen LogP contribution is 2.38. The lowest BCUT2D eigenvalue weighted by atomic mass is 9.91. The number of nitrogens with two attached hydrogens (primary N) is 1. The molecule has 0 saturated heterocycles. The molecule has 1 amide bonds. The van der Waals surface area contributed by atoms with Gasteiger partial charge in [-0.05, 0) is 31.4 Å². The monoisotopic (exact) mass is 390 g/mol. The Morgan fingerprint density at radius 3 is 2.96 bits per heavy atom. The van der Waals surface area contributed by atoms with Crippen molar-refractivity contribution in [2.75, 3.05) is 19.5 Å². The van der Waals surface area contributed by atoms with Gasteiger partial charge < -0.3 is 21.1 Å². The molecule has 0 saturated carbocycles. The van der Waals surface area contributed by atoms with Crippen LogP contribution in [0.1, 0.15) is 36.0 Å². The molecular formula is C18H22N4O4S. The first-order valence-electron chi connectivity index (χ1n) is 8.74. The lowest BCUT2D eigenvalue weighted by Gasteiger charge is -2.16. The summed E-state index contributed by atoms with van der Waals surface area (Å²) in [4.78, 5) is 42.1. The van der Waals surface area contributed by atoms with E-state index in [1.54, 1.807) is 12.1 Å². The standard InChI is InChI=1S/C18H22N4O4S/c1-26-8-7-14(23)22-18-21-12-4-2-3-11(16(25)17(12)27-18)15(24)10-5-6-13(19)20-9-10/h5-6,9,11,18,21H,2-4,7-8H2,1H3,(H2,19,20)(H,22,23). The summed E-state index contributed by atoms with van der Waals surface area (Å²) in [6, 6.07) is 3.15. The molecule has 1 aliphatic carbocycles. The van der Waals surface area contributed by atoms with E-state index >= 15 is 0 Å². The first-order valence-corrected chi connectivity index (χ1v) is 9.62. The van der Waals surface area contributed by atoms with Gasteiger partial charge in [-0.25, -0.2) is 4.98 Å². The third kappa shape index (κ3) is 4.48. The number of allylic oxidation sites excluding steroid dienone is 2. The number of anilines is 1. The molecule has 9 heteroatoms. The zero-order valence-electron chi connectivity index (χ0n) is 15.0. The van der Waals surface area contributed by atoms with Crippen LogP contribution >= 0.6 is 11.8 Å². The Kier molecular flexibility index (Phi) is 6.12. The summed E-state index contributed by atoms with van der Waals surface area (Å²) in [6.45, 7) is 0.335. The Hall–Kier alpha value is -2.39. The summed E-state index contributed by atoms with van der Waals surface area (Å²) in [6.07, 6.45) is 3.52. The van der Waals surface area contributed by atoms with E-state index in [-0.39, 0.29) is 23.9 Å². The predicted octanol–water partition coefficient (Wildman–Crippen LogP) is 1.20. The van der Waals surface area contributed by atoms with Crippen molar-refractivity contribution < 1.29 is 19.1 Å². The lowest BCUT2D eigenvalue weighted by Crippen LogP contribution is -2.40. The van der Waals surface area contributed by atoms with Crippen LogP contribution < -0.4 is 16.4 Å². The molecule has 1 aromatic rings. The Morgan fingerprint density at radius 1 is 1.44 bits per heavy atom. The quantitative estimate of drug-likeness (QED) is 0.489. The van der Waals surface area contributed by atoms with Crippen molar-refractivity contribution in [1.82, 2.24) is 15.6 Å². The fourth-order valence-electron chi connectivity index (χ4n) is 3.09. The molecule has 8 nitrogen and oxygen atoms in total. The second-order valence-corrected chi connectivity index (χ2v) is 7.52. The zero-order valence-corrected chi connectivity index (χ0v) is 15.8. The highest BCUT2D eigenvalue weighted by atomic mass is 32.2. The van der Waals surface area contributed by atoms with Crippen LogP contribution in [-0.4, -0.2) is 41.7 Å². The number of methoxy groups -OCH3 is 1. The van der Waals surface area contributed by atoms with E-state index in [0.29, 0.717) is 42.2 Å². The van der Waals surface area contributed by atoms with Gasteiger partial charge in [0.1, 0.15) is 5.82 Å². The summed E-state index contributed by atoms with van der Waals surface area (Å²) in [5.74, 6) is -1.01. The SMILES string of the molecule is COCCC(=O)NC1NC2=C(S1)C(=O)C(C(=O)c1ccc(N)nc1)CCC2. The number of amides is 1. The summed E-state index contributed by atoms with van der Waals surface area (Å²) in [5.41, 5.74) is 6.34. The molecule has 0 spiro atoms. The molecule has 2 aliphatic rings. The number of carbonyl (C=O) groups is 3. The van der Waals surface area contributed by atoms with Crippen molar-refractivity contribution in [1.29, 1.82) is 0 Å². The summed E-state index contributed by atoms with van der Waals surface area (Å²) in [5, 5.41) is 6.01. The minimum Gasteiger partial charge on any atom is -0.384 e. The van der Waals surface area contributed by atoms with E-state index in [4.69, 9.17) is 10.5 Å². The van der Waals surface area contributed by atoms with Crippen molar-refractivity contribution in [3.05, 3.63) is 34.5 Å². The summed E-state index contributed by atoms with van der Waals surface area (Å²) >= 11 is 1.25. The minimum absolute atomic E-state index is 0.160. The van der Waals surface area contributed by atoms with E-state index in [0.717, 1.165) is 5.70 Å². The number of hydrogen-bond donors (Lipinski definition) is 3. The van der Waals surface area contributed by atoms with Gasteiger partial charge in [-0.1, -0.05) is 11.8 Å². The first kappa shape index (κ1) is 19.4. The molecule has 0 aromatic carbocycles. The number of nitrogens with one attached hydrogen (secondary N) is 2. The van der Waals surface area contributed by atoms with Crippen LogP contribution in [-0.2, 0) is 14.3 Å². The van der Waals surface area contributed by atoms with Gasteiger partial charge in [0.05, 0.1) is 23.9 Å². The Morgan fingerprint density at radius 2 is 2.26 bits per heavy atom. The van der Waals surface area contributed by atoms with E-state index in [9.17, 15) is 14.4 Å². The van der Waals surface area contributed by atoms with E-state index < -0.39 is 11.4 Å². The molecule has 3 rings (SSSR count). The van der Waals surface area contributed by atoms with Crippen molar-refractivity contribution in [2.45, 2.75) is 31.2 Å². The van der Waals surface area contributed by atoms with Gasteiger partial charge in [-0.15, -0.1) is 0 Å². The average Bonchev–Trinajstić information content (AvgIpc) is 2.99. The molecule has 0 fully saturated rings. The Balaban J connectivity index is 1.68. The molecule has 2 heterocycles. The summed E-state index contributed by atoms with van der Waals surface area (Å²) < 4.78 is 4.89. The lowest BCUT2D eigenvalue weighted by molar-refractivity contribution is -0.122. The van der Waals surface area contributed by atoms with Crippen LogP contribution in [0.2, 0.25) is 0 Å². The summed E-state index contributed by atoms with van der Waals surface area (Å²) in [7, 11) is 1.53. The number of rotatable bonds is 6. The van der Waals surface area contributed by atoms with Gasteiger partial charge >= 0.3 is 0 Å². The molecule has 144 valence electrons. The average molecular weight is 390 g/mol. The molecule has 2 atom stereocenters. The van der Waals surface area contributed by atoms with Crippen LogP contribution in [0.5, 0.6) is 0 Å². The van der Waals surface area contributed by atoms with Gasteiger partial charge in [0, 0.05) is 24.6 Å². The predicted molar refractivity (Wildman–Crippen MR) is 102 cm³/mol. The highest BCUT2D eigenvalue weighted by molar-refractivity contribution is 8.04. The second-order valence-electron chi connectivity index (χ2n) is 6.41. The largest absolute Gasteiger partial charge is 0.384 e. The molecular weight excluding hydrogens is 368 g/mol. The van der Waals surface area contributed by atoms with Gasteiger partial charge in [0.15, 0.2) is 17.1 Å². The second kappa shape index (κ2) is 8.53. The first-order chi connectivity index (χ1) is 13.0. The smallest absolute Gasteiger partial charge is 0.224 e.